The van der Waals surface area contributed by atoms with Crippen LogP contribution in [0.2, 0.25) is 0 Å². The molecule has 0 aliphatic heterocycles. The highest BCUT2D eigenvalue weighted by Gasteiger charge is 2.10. The predicted octanol–water partition coefficient (Wildman–Crippen LogP) is 1.71. The molecule has 0 spiro atoms. The average molecular weight is 208 g/mol. The number of hydrogen-bond acceptors (Lipinski definition) is 4. The number of esters is 2. The van der Waals surface area contributed by atoms with E-state index in [-0.39, 0.29) is 0 Å². The fourth-order valence-electron chi connectivity index (χ4n) is 1.16. The van der Waals surface area contributed by atoms with Crippen LogP contribution in [-0.4, -0.2) is 19.0 Å². The molecule has 0 N–H and O–H groups in total. The zero-order valence-corrected chi connectivity index (χ0v) is 8.87. The Balaban J connectivity index is 3.05. The fourth-order valence-corrected chi connectivity index (χ4v) is 1.16. The second-order valence-electron chi connectivity index (χ2n) is 3.06. The molecule has 1 aromatic carbocycles. The fraction of sp³-hybridized carbons (Fsp3) is 0.273. The van der Waals surface area contributed by atoms with Gasteiger partial charge >= 0.3 is 11.9 Å². The zero-order chi connectivity index (χ0) is 11.4. The van der Waals surface area contributed by atoms with E-state index in [1.54, 1.807) is 19.1 Å². The van der Waals surface area contributed by atoms with Crippen molar-refractivity contribution in [2.75, 3.05) is 7.11 Å². The molecule has 0 saturated heterocycles. The summed E-state index contributed by atoms with van der Waals surface area (Å²) in [4.78, 5) is 22.0. The predicted molar refractivity (Wildman–Crippen MR) is 53.8 cm³/mol. The number of hydrogen-bond donors (Lipinski definition) is 0. The Morgan fingerprint density at radius 2 is 1.93 bits per heavy atom. The van der Waals surface area contributed by atoms with E-state index in [1.165, 1.54) is 20.1 Å². The summed E-state index contributed by atoms with van der Waals surface area (Å²) in [7, 11) is 1.31. The first-order valence-electron chi connectivity index (χ1n) is 4.42. The molecule has 0 bridgehead atoms. The summed E-state index contributed by atoms with van der Waals surface area (Å²) in [5.74, 6) is -0.523. The molecule has 15 heavy (non-hydrogen) atoms. The molecule has 0 aliphatic rings. The standard InChI is InChI=1S/C11H12O4/c1-7-4-5-9(15-8(2)12)6-10(7)11(13)14-3/h4-6H,1-3H3. The van der Waals surface area contributed by atoms with Gasteiger partial charge in [-0.15, -0.1) is 0 Å². The second kappa shape index (κ2) is 4.59. The minimum absolute atomic E-state index is 0.341. The molecule has 0 aliphatic carbocycles. The van der Waals surface area contributed by atoms with Gasteiger partial charge in [-0.1, -0.05) is 6.07 Å². The van der Waals surface area contributed by atoms with Crippen molar-refractivity contribution in [1.29, 1.82) is 0 Å². The van der Waals surface area contributed by atoms with E-state index in [2.05, 4.69) is 4.74 Å². The average Bonchev–Trinajstić information content (AvgIpc) is 2.19. The van der Waals surface area contributed by atoms with Crippen LogP contribution in [0.15, 0.2) is 18.2 Å². The SMILES string of the molecule is COC(=O)c1cc(OC(C)=O)ccc1C. The van der Waals surface area contributed by atoms with E-state index >= 15 is 0 Å². The Bertz CT molecular complexity index is 396. The van der Waals surface area contributed by atoms with Gasteiger partial charge < -0.3 is 9.47 Å². The lowest BCUT2D eigenvalue weighted by Crippen LogP contribution is -2.06. The van der Waals surface area contributed by atoms with Crippen molar-refractivity contribution < 1.29 is 19.1 Å². The molecule has 0 aromatic heterocycles. The first kappa shape index (κ1) is 11.2. The molecule has 80 valence electrons. The molecular formula is C11H12O4. The van der Waals surface area contributed by atoms with Gasteiger partial charge in [0.25, 0.3) is 0 Å². The van der Waals surface area contributed by atoms with E-state index in [4.69, 9.17) is 4.74 Å². The van der Waals surface area contributed by atoms with E-state index < -0.39 is 11.9 Å². The minimum atomic E-state index is -0.443. The zero-order valence-electron chi connectivity index (χ0n) is 8.87. The molecule has 4 heteroatoms. The Morgan fingerprint density at radius 1 is 1.27 bits per heavy atom. The number of methoxy groups -OCH3 is 1. The van der Waals surface area contributed by atoms with Gasteiger partial charge in [-0.05, 0) is 24.6 Å². The number of carbonyl (C=O) groups excluding carboxylic acids is 2. The summed E-state index contributed by atoms with van der Waals surface area (Å²) in [5.41, 5.74) is 1.18. The quantitative estimate of drug-likeness (QED) is 0.548. The van der Waals surface area contributed by atoms with Crippen molar-refractivity contribution in [2.45, 2.75) is 13.8 Å². The molecule has 0 fully saturated rings. The second-order valence-corrected chi connectivity index (χ2v) is 3.06. The topological polar surface area (TPSA) is 52.6 Å². The summed E-state index contributed by atoms with van der Waals surface area (Å²) >= 11 is 0. The van der Waals surface area contributed by atoms with Gasteiger partial charge in [0.2, 0.25) is 0 Å². The first-order valence-corrected chi connectivity index (χ1v) is 4.42. The van der Waals surface area contributed by atoms with Crippen molar-refractivity contribution in [2.24, 2.45) is 0 Å². The third-order valence-electron chi connectivity index (χ3n) is 1.88. The van der Waals surface area contributed by atoms with Crippen LogP contribution >= 0.6 is 0 Å². The van der Waals surface area contributed by atoms with E-state index in [1.807, 2.05) is 0 Å². The summed E-state index contributed by atoms with van der Waals surface area (Å²) < 4.78 is 9.46. The molecule has 1 rings (SSSR count). The third kappa shape index (κ3) is 2.80. The first-order chi connectivity index (χ1) is 7.04. The molecule has 0 unspecified atom stereocenters. The largest absolute Gasteiger partial charge is 0.465 e. The number of carbonyl (C=O) groups is 2. The van der Waals surface area contributed by atoms with Crippen LogP contribution < -0.4 is 4.74 Å². The van der Waals surface area contributed by atoms with Crippen LogP contribution in [0.25, 0.3) is 0 Å². The molecular weight excluding hydrogens is 196 g/mol. The van der Waals surface area contributed by atoms with Crippen molar-refractivity contribution in [3.05, 3.63) is 29.3 Å². The van der Waals surface area contributed by atoms with Crippen LogP contribution in [0, 0.1) is 6.92 Å². The summed E-state index contributed by atoms with van der Waals surface area (Å²) in [5, 5.41) is 0. The summed E-state index contributed by atoms with van der Waals surface area (Å²) in [6.07, 6.45) is 0. The Hall–Kier alpha value is -1.84. The van der Waals surface area contributed by atoms with Crippen LogP contribution in [0.3, 0.4) is 0 Å². The molecule has 0 heterocycles. The molecule has 0 radical (unpaired) electrons. The summed E-state index contributed by atoms with van der Waals surface area (Å²) in [6, 6.07) is 4.82. The van der Waals surface area contributed by atoms with Gasteiger partial charge in [0.15, 0.2) is 0 Å². The highest BCUT2D eigenvalue weighted by Crippen LogP contribution is 2.18. The van der Waals surface area contributed by atoms with Crippen LogP contribution in [0.4, 0.5) is 0 Å². The van der Waals surface area contributed by atoms with Crippen molar-refractivity contribution in [3.63, 3.8) is 0 Å². The minimum Gasteiger partial charge on any atom is -0.465 e. The van der Waals surface area contributed by atoms with Gasteiger partial charge in [-0.3, -0.25) is 4.79 Å². The van der Waals surface area contributed by atoms with Crippen molar-refractivity contribution in [3.8, 4) is 5.75 Å². The maximum atomic E-state index is 11.3. The van der Waals surface area contributed by atoms with Gasteiger partial charge in [-0.2, -0.15) is 0 Å². The Morgan fingerprint density at radius 3 is 2.47 bits per heavy atom. The maximum Gasteiger partial charge on any atom is 0.338 e. The van der Waals surface area contributed by atoms with Crippen molar-refractivity contribution in [1.82, 2.24) is 0 Å². The lowest BCUT2D eigenvalue weighted by molar-refractivity contribution is -0.131. The van der Waals surface area contributed by atoms with Gasteiger partial charge in [0, 0.05) is 6.92 Å². The number of rotatable bonds is 2. The van der Waals surface area contributed by atoms with Crippen LogP contribution in [-0.2, 0) is 9.53 Å². The lowest BCUT2D eigenvalue weighted by Gasteiger charge is -2.06. The monoisotopic (exact) mass is 208 g/mol. The highest BCUT2D eigenvalue weighted by molar-refractivity contribution is 5.91. The summed E-state index contributed by atoms with van der Waals surface area (Å²) in [6.45, 7) is 3.08. The van der Waals surface area contributed by atoms with Crippen molar-refractivity contribution >= 4 is 11.9 Å². The lowest BCUT2D eigenvalue weighted by atomic mass is 10.1. The van der Waals surface area contributed by atoms with E-state index in [9.17, 15) is 9.59 Å². The third-order valence-corrected chi connectivity index (χ3v) is 1.88. The number of ether oxygens (including phenoxy) is 2. The van der Waals surface area contributed by atoms with Gasteiger partial charge in [0.05, 0.1) is 12.7 Å². The van der Waals surface area contributed by atoms with Crippen LogP contribution in [0.1, 0.15) is 22.8 Å². The Labute approximate surface area is 87.8 Å². The molecule has 0 atom stereocenters. The van der Waals surface area contributed by atoms with Gasteiger partial charge in [-0.25, -0.2) is 4.79 Å². The van der Waals surface area contributed by atoms with Crippen LogP contribution in [0.5, 0.6) is 5.75 Å². The van der Waals surface area contributed by atoms with E-state index in [0.717, 1.165) is 5.56 Å². The molecule has 4 nitrogen and oxygen atoms in total. The van der Waals surface area contributed by atoms with E-state index in [0.29, 0.717) is 11.3 Å². The molecule has 0 amide bonds. The Kier molecular flexibility index (Phi) is 3.44. The molecule has 0 saturated carbocycles. The normalized spacial score (nSPS) is 9.53. The maximum absolute atomic E-state index is 11.3. The number of aryl methyl sites for hydroxylation is 1. The van der Waals surface area contributed by atoms with Gasteiger partial charge in [0.1, 0.15) is 5.75 Å². The number of benzene rings is 1. The highest BCUT2D eigenvalue weighted by atomic mass is 16.5. The molecule has 1 aromatic rings. The smallest absolute Gasteiger partial charge is 0.338 e.